The summed E-state index contributed by atoms with van der Waals surface area (Å²) < 4.78 is 4.76. The Morgan fingerprint density at radius 3 is 2.44 bits per heavy atom. The highest BCUT2D eigenvalue weighted by molar-refractivity contribution is 5.87. The van der Waals surface area contributed by atoms with Crippen LogP contribution in [0, 0.1) is 0 Å². The smallest absolute Gasteiger partial charge is 0.328 e. The Kier molecular flexibility index (Phi) is 5.32. The molecule has 0 saturated carbocycles. The Hall–Kier alpha value is -1.88. The van der Waals surface area contributed by atoms with Gasteiger partial charge in [0.05, 0.1) is 12.5 Å². The van der Waals surface area contributed by atoms with Gasteiger partial charge in [0.2, 0.25) is 5.91 Å². The summed E-state index contributed by atoms with van der Waals surface area (Å²) in [7, 11) is 1.39. The predicted molar refractivity (Wildman–Crippen MR) is 66.3 cm³/mol. The van der Waals surface area contributed by atoms with Gasteiger partial charge in [0.25, 0.3) is 0 Å². The molecule has 0 aliphatic carbocycles. The van der Waals surface area contributed by atoms with E-state index in [2.05, 4.69) is 5.32 Å². The number of carboxylic acid groups (broad SMARTS) is 1. The monoisotopic (exact) mass is 251 g/mol. The van der Waals surface area contributed by atoms with Gasteiger partial charge in [0.1, 0.15) is 0 Å². The molecule has 0 aliphatic rings. The number of nitrogens with one attached hydrogen (secondary N) is 1. The molecule has 0 aromatic heterocycles. The van der Waals surface area contributed by atoms with Gasteiger partial charge in [-0.3, -0.25) is 4.79 Å². The minimum Gasteiger partial charge on any atom is -0.480 e. The van der Waals surface area contributed by atoms with Crippen molar-refractivity contribution in [2.24, 2.45) is 0 Å². The third kappa shape index (κ3) is 3.85. The number of benzene rings is 1. The molecular formula is C13H17NO4. The van der Waals surface area contributed by atoms with Gasteiger partial charge in [-0.15, -0.1) is 0 Å². The van der Waals surface area contributed by atoms with E-state index in [1.807, 2.05) is 30.3 Å². The van der Waals surface area contributed by atoms with E-state index < -0.39 is 17.9 Å². The molecule has 18 heavy (non-hydrogen) atoms. The van der Waals surface area contributed by atoms with Crippen molar-refractivity contribution in [2.75, 3.05) is 13.7 Å². The zero-order valence-electron chi connectivity index (χ0n) is 10.4. The van der Waals surface area contributed by atoms with E-state index in [-0.39, 0.29) is 12.5 Å². The van der Waals surface area contributed by atoms with Gasteiger partial charge in [-0.25, -0.2) is 4.79 Å². The van der Waals surface area contributed by atoms with E-state index in [0.717, 1.165) is 5.56 Å². The summed E-state index contributed by atoms with van der Waals surface area (Å²) in [5.41, 5.74) is 0.844. The quantitative estimate of drug-likeness (QED) is 0.791. The number of amides is 1. The maximum Gasteiger partial charge on any atom is 0.328 e. The fraction of sp³-hybridized carbons (Fsp3) is 0.385. The maximum absolute atomic E-state index is 11.9. The highest BCUT2D eigenvalue weighted by Gasteiger charge is 2.23. The molecule has 1 aromatic carbocycles. The number of carboxylic acids is 1. The normalized spacial score (nSPS) is 13.7. The summed E-state index contributed by atoms with van der Waals surface area (Å²) in [5, 5.41) is 11.4. The number of hydrogen-bond acceptors (Lipinski definition) is 3. The Balaban J connectivity index is 2.67. The Bertz CT molecular complexity index is 405. The minimum absolute atomic E-state index is 0.0530. The van der Waals surface area contributed by atoms with Gasteiger partial charge in [-0.05, 0) is 12.5 Å². The van der Waals surface area contributed by atoms with Crippen molar-refractivity contribution >= 4 is 11.9 Å². The first-order chi connectivity index (χ1) is 8.56. The first kappa shape index (κ1) is 14.2. The average Bonchev–Trinajstić information content (AvgIpc) is 2.38. The van der Waals surface area contributed by atoms with E-state index in [1.165, 1.54) is 7.11 Å². The van der Waals surface area contributed by atoms with Crippen LogP contribution in [0.2, 0.25) is 0 Å². The van der Waals surface area contributed by atoms with Crippen molar-refractivity contribution in [1.82, 2.24) is 5.32 Å². The summed E-state index contributed by atoms with van der Waals surface area (Å²) in [6.07, 6.45) is 0. The van der Waals surface area contributed by atoms with Gasteiger partial charge in [-0.2, -0.15) is 0 Å². The van der Waals surface area contributed by atoms with Gasteiger partial charge in [0.15, 0.2) is 6.04 Å². The van der Waals surface area contributed by atoms with E-state index in [4.69, 9.17) is 9.84 Å². The lowest BCUT2D eigenvalue weighted by Gasteiger charge is -2.17. The van der Waals surface area contributed by atoms with Crippen LogP contribution >= 0.6 is 0 Å². The Morgan fingerprint density at radius 1 is 1.33 bits per heavy atom. The molecule has 0 radical (unpaired) electrons. The van der Waals surface area contributed by atoms with Crippen LogP contribution in [0.25, 0.3) is 0 Å². The third-order valence-corrected chi connectivity index (χ3v) is 2.64. The van der Waals surface area contributed by atoms with E-state index in [1.54, 1.807) is 6.92 Å². The van der Waals surface area contributed by atoms with Crippen molar-refractivity contribution < 1.29 is 19.4 Å². The molecule has 2 atom stereocenters. The third-order valence-electron chi connectivity index (χ3n) is 2.64. The highest BCUT2D eigenvalue weighted by atomic mass is 16.5. The van der Waals surface area contributed by atoms with Crippen LogP contribution in [0.4, 0.5) is 0 Å². The largest absolute Gasteiger partial charge is 0.480 e. The van der Waals surface area contributed by atoms with Crippen LogP contribution in [-0.2, 0) is 14.3 Å². The molecule has 0 bridgehead atoms. The lowest BCUT2D eigenvalue weighted by atomic mass is 10.0. The molecule has 0 aliphatic heterocycles. The van der Waals surface area contributed by atoms with Crippen molar-refractivity contribution in [3.05, 3.63) is 35.9 Å². The summed E-state index contributed by atoms with van der Waals surface area (Å²) in [6, 6.07) is 8.17. The van der Waals surface area contributed by atoms with Crippen molar-refractivity contribution in [2.45, 2.75) is 18.9 Å². The molecule has 5 heteroatoms. The molecule has 0 saturated heterocycles. The van der Waals surface area contributed by atoms with Crippen molar-refractivity contribution in [1.29, 1.82) is 0 Å². The first-order valence-electron chi connectivity index (χ1n) is 5.63. The summed E-state index contributed by atoms with van der Waals surface area (Å²) in [5.74, 6) is -1.83. The Labute approximate surface area is 106 Å². The lowest BCUT2D eigenvalue weighted by molar-refractivity contribution is -0.143. The molecule has 98 valence electrons. The molecule has 0 fully saturated rings. The molecule has 5 nitrogen and oxygen atoms in total. The van der Waals surface area contributed by atoms with E-state index >= 15 is 0 Å². The number of aliphatic carboxylic acids is 1. The maximum atomic E-state index is 11.9. The van der Waals surface area contributed by atoms with Crippen LogP contribution in [0.1, 0.15) is 18.4 Å². The average molecular weight is 251 g/mol. The zero-order chi connectivity index (χ0) is 13.5. The number of ether oxygens (including phenoxy) is 1. The molecular weight excluding hydrogens is 234 g/mol. The van der Waals surface area contributed by atoms with Gasteiger partial charge < -0.3 is 15.2 Å². The number of hydrogen-bond donors (Lipinski definition) is 2. The van der Waals surface area contributed by atoms with E-state index in [9.17, 15) is 9.59 Å². The fourth-order valence-corrected chi connectivity index (χ4v) is 1.53. The first-order valence-corrected chi connectivity index (χ1v) is 5.63. The van der Waals surface area contributed by atoms with Crippen molar-refractivity contribution in [3.63, 3.8) is 0 Å². The minimum atomic E-state index is -1.11. The molecule has 2 unspecified atom stereocenters. The number of carbonyl (C=O) groups is 2. The predicted octanol–water partition coefficient (Wildman–Crippen LogP) is 1.01. The zero-order valence-corrected chi connectivity index (χ0v) is 10.4. The van der Waals surface area contributed by atoms with Crippen LogP contribution in [-0.4, -0.2) is 36.7 Å². The standard InChI is InChI=1S/C13H17NO4/c1-9(10-6-4-3-5-7-10)12(15)14-11(8-18-2)13(16)17/h3-7,9,11H,8H2,1-2H3,(H,14,15)(H,16,17). The molecule has 2 N–H and O–H groups in total. The summed E-state index contributed by atoms with van der Waals surface area (Å²) in [6.45, 7) is 1.68. The highest BCUT2D eigenvalue weighted by Crippen LogP contribution is 2.14. The fourth-order valence-electron chi connectivity index (χ4n) is 1.53. The summed E-state index contributed by atoms with van der Waals surface area (Å²) >= 11 is 0. The van der Waals surface area contributed by atoms with Crippen LogP contribution in [0.5, 0.6) is 0 Å². The number of carbonyl (C=O) groups excluding carboxylic acids is 1. The molecule has 0 spiro atoms. The number of methoxy groups -OCH3 is 1. The number of rotatable bonds is 6. The van der Waals surface area contributed by atoms with Gasteiger partial charge >= 0.3 is 5.97 Å². The van der Waals surface area contributed by atoms with Crippen LogP contribution < -0.4 is 5.32 Å². The van der Waals surface area contributed by atoms with Crippen LogP contribution in [0.3, 0.4) is 0 Å². The van der Waals surface area contributed by atoms with E-state index in [0.29, 0.717) is 0 Å². The SMILES string of the molecule is COCC(NC(=O)C(C)c1ccccc1)C(=O)O. The lowest BCUT2D eigenvalue weighted by Crippen LogP contribution is -2.45. The molecule has 1 amide bonds. The second-order valence-electron chi connectivity index (χ2n) is 3.99. The molecule has 0 heterocycles. The summed E-state index contributed by atoms with van der Waals surface area (Å²) in [4.78, 5) is 22.8. The van der Waals surface area contributed by atoms with Gasteiger partial charge in [0, 0.05) is 7.11 Å². The Morgan fingerprint density at radius 2 is 1.94 bits per heavy atom. The molecule has 1 aromatic rings. The van der Waals surface area contributed by atoms with Gasteiger partial charge in [-0.1, -0.05) is 30.3 Å². The second-order valence-corrected chi connectivity index (χ2v) is 3.99. The second kappa shape index (κ2) is 6.76. The van der Waals surface area contributed by atoms with Crippen molar-refractivity contribution in [3.8, 4) is 0 Å². The molecule has 1 rings (SSSR count). The topological polar surface area (TPSA) is 75.6 Å². The van der Waals surface area contributed by atoms with Crippen LogP contribution in [0.15, 0.2) is 30.3 Å².